The van der Waals surface area contributed by atoms with E-state index in [2.05, 4.69) is 6.08 Å². The number of hydrogen-bond acceptors (Lipinski definition) is 3. The third kappa shape index (κ3) is 3.45. The van der Waals surface area contributed by atoms with Crippen LogP contribution in [-0.2, 0) is 9.53 Å². The first-order chi connectivity index (χ1) is 8.81. The molecule has 18 heavy (non-hydrogen) atoms. The van der Waals surface area contributed by atoms with Crippen LogP contribution in [0.2, 0.25) is 0 Å². The van der Waals surface area contributed by atoms with Crippen LogP contribution in [0.1, 0.15) is 43.9 Å². The molecule has 0 spiro atoms. The molecule has 1 heterocycles. The summed E-state index contributed by atoms with van der Waals surface area (Å²) in [5.41, 5.74) is 0.763. The summed E-state index contributed by atoms with van der Waals surface area (Å²) in [5, 5.41) is 2.00. The second-order valence-electron chi connectivity index (χ2n) is 4.68. The van der Waals surface area contributed by atoms with Gasteiger partial charge in [0.05, 0.1) is 12.2 Å². The van der Waals surface area contributed by atoms with Crippen LogP contribution in [0.3, 0.4) is 0 Å². The minimum absolute atomic E-state index is 0.175. The number of rotatable bonds is 4. The lowest BCUT2D eigenvalue weighted by molar-refractivity contribution is -0.136. The van der Waals surface area contributed by atoms with Gasteiger partial charge in [-0.25, -0.2) is 4.79 Å². The van der Waals surface area contributed by atoms with E-state index in [0.29, 0.717) is 12.5 Å². The van der Waals surface area contributed by atoms with Crippen LogP contribution < -0.4 is 0 Å². The summed E-state index contributed by atoms with van der Waals surface area (Å²) in [6.07, 6.45) is 8.44. The summed E-state index contributed by atoms with van der Waals surface area (Å²) >= 11 is 1.60. The zero-order valence-electron chi connectivity index (χ0n) is 10.9. The summed E-state index contributed by atoms with van der Waals surface area (Å²) in [7, 11) is 0. The molecule has 0 atom stereocenters. The Bertz CT molecular complexity index is 400. The zero-order valence-corrected chi connectivity index (χ0v) is 11.7. The van der Waals surface area contributed by atoms with Crippen molar-refractivity contribution in [1.82, 2.24) is 0 Å². The van der Waals surface area contributed by atoms with Crippen LogP contribution in [-0.4, -0.2) is 12.6 Å². The topological polar surface area (TPSA) is 26.3 Å². The fourth-order valence-corrected chi connectivity index (χ4v) is 3.17. The summed E-state index contributed by atoms with van der Waals surface area (Å²) in [5.74, 6) is 0.366. The molecule has 3 heteroatoms. The number of hydrogen-bond donors (Lipinski definition) is 0. The van der Waals surface area contributed by atoms with E-state index in [1.807, 2.05) is 24.4 Å². The molecule has 1 aliphatic rings. The summed E-state index contributed by atoms with van der Waals surface area (Å²) in [4.78, 5) is 13.1. The monoisotopic (exact) mass is 264 g/mol. The van der Waals surface area contributed by atoms with Gasteiger partial charge in [0.25, 0.3) is 0 Å². The average molecular weight is 264 g/mol. The highest BCUT2D eigenvalue weighted by Crippen LogP contribution is 2.30. The molecular formula is C15H20O2S. The molecular weight excluding hydrogens is 244 g/mol. The molecule has 0 unspecified atom stereocenters. The van der Waals surface area contributed by atoms with Crippen molar-refractivity contribution in [2.75, 3.05) is 6.61 Å². The van der Waals surface area contributed by atoms with Crippen LogP contribution in [0.4, 0.5) is 0 Å². The third-order valence-electron chi connectivity index (χ3n) is 3.33. The van der Waals surface area contributed by atoms with Crippen LogP contribution >= 0.6 is 11.3 Å². The van der Waals surface area contributed by atoms with Gasteiger partial charge < -0.3 is 4.74 Å². The van der Waals surface area contributed by atoms with E-state index in [4.69, 9.17) is 4.74 Å². The molecule has 0 radical (unpaired) electrons. The van der Waals surface area contributed by atoms with Crippen molar-refractivity contribution in [2.24, 2.45) is 5.92 Å². The predicted molar refractivity (Wildman–Crippen MR) is 75.5 cm³/mol. The van der Waals surface area contributed by atoms with Gasteiger partial charge in [0.2, 0.25) is 0 Å². The average Bonchev–Trinajstić information content (AvgIpc) is 2.91. The van der Waals surface area contributed by atoms with E-state index >= 15 is 0 Å². The van der Waals surface area contributed by atoms with Gasteiger partial charge in [-0.15, -0.1) is 11.3 Å². The summed E-state index contributed by atoms with van der Waals surface area (Å²) in [6, 6.07) is 3.98. The van der Waals surface area contributed by atoms with Crippen molar-refractivity contribution >= 4 is 22.9 Å². The van der Waals surface area contributed by atoms with Crippen molar-refractivity contribution in [3.63, 3.8) is 0 Å². The first-order valence-electron chi connectivity index (χ1n) is 6.74. The molecule has 1 aliphatic carbocycles. The maximum Gasteiger partial charge on any atom is 0.339 e. The third-order valence-corrected chi connectivity index (χ3v) is 4.24. The lowest BCUT2D eigenvalue weighted by atomic mass is 9.87. The Balaban J connectivity index is 2.18. The second-order valence-corrected chi connectivity index (χ2v) is 5.62. The number of esters is 1. The maximum absolute atomic E-state index is 12.0. The molecule has 1 aromatic heterocycles. The highest BCUT2D eigenvalue weighted by Gasteiger charge is 2.18. The summed E-state index contributed by atoms with van der Waals surface area (Å²) < 4.78 is 5.17. The Morgan fingerprint density at radius 1 is 1.44 bits per heavy atom. The van der Waals surface area contributed by atoms with Gasteiger partial charge in [-0.1, -0.05) is 31.4 Å². The van der Waals surface area contributed by atoms with Crippen molar-refractivity contribution in [3.05, 3.63) is 28.5 Å². The lowest BCUT2D eigenvalue weighted by Crippen LogP contribution is -2.10. The Hall–Kier alpha value is -1.09. The molecule has 1 fully saturated rings. The van der Waals surface area contributed by atoms with Gasteiger partial charge in [0, 0.05) is 4.88 Å². The minimum Gasteiger partial charge on any atom is -0.462 e. The number of carbonyl (C=O) groups excluding carboxylic acids is 1. The molecule has 0 bridgehead atoms. The number of carbonyl (C=O) groups is 1. The van der Waals surface area contributed by atoms with E-state index in [1.54, 1.807) is 11.3 Å². The lowest BCUT2D eigenvalue weighted by Gasteiger charge is -2.19. The standard InChI is InChI=1S/C15H20O2S/c1-2-17-15(16)13(14-9-6-10-18-14)11-12-7-4-3-5-8-12/h6,9-12H,2-5,7-8H2,1H3/b13-11+. The maximum atomic E-state index is 12.0. The second kappa shape index (κ2) is 6.74. The van der Waals surface area contributed by atoms with Crippen molar-refractivity contribution in [2.45, 2.75) is 39.0 Å². The molecule has 2 nitrogen and oxygen atoms in total. The highest BCUT2D eigenvalue weighted by molar-refractivity contribution is 7.11. The smallest absolute Gasteiger partial charge is 0.339 e. The Kier molecular flexibility index (Phi) is 5.00. The van der Waals surface area contributed by atoms with Crippen LogP contribution in [0.15, 0.2) is 23.6 Å². The van der Waals surface area contributed by atoms with Gasteiger partial charge in [0.1, 0.15) is 0 Å². The Labute approximate surface area is 113 Å². The van der Waals surface area contributed by atoms with E-state index in [0.717, 1.165) is 10.5 Å². The molecule has 0 aromatic carbocycles. The van der Waals surface area contributed by atoms with Crippen molar-refractivity contribution in [1.29, 1.82) is 0 Å². The van der Waals surface area contributed by atoms with Gasteiger partial charge >= 0.3 is 5.97 Å². The van der Waals surface area contributed by atoms with E-state index in [1.165, 1.54) is 32.1 Å². The minimum atomic E-state index is -0.175. The first kappa shape index (κ1) is 13.3. The van der Waals surface area contributed by atoms with E-state index in [-0.39, 0.29) is 5.97 Å². The van der Waals surface area contributed by atoms with E-state index in [9.17, 15) is 4.79 Å². The number of thiophene rings is 1. The van der Waals surface area contributed by atoms with E-state index < -0.39 is 0 Å². The summed E-state index contributed by atoms with van der Waals surface area (Å²) in [6.45, 7) is 2.29. The van der Waals surface area contributed by atoms with Crippen molar-refractivity contribution < 1.29 is 9.53 Å². The van der Waals surface area contributed by atoms with Crippen molar-refractivity contribution in [3.8, 4) is 0 Å². The molecule has 98 valence electrons. The fraction of sp³-hybridized carbons (Fsp3) is 0.533. The van der Waals surface area contributed by atoms with Gasteiger partial charge in [-0.3, -0.25) is 0 Å². The molecule has 0 amide bonds. The highest BCUT2D eigenvalue weighted by atomic mass is 32.1. The molecule has 2 rings (SSSR count). The molecule has 0 saturated heterocycles. The van der Waals surface area contributed by atoms with Crippen LogP contribution in [0.5, 0.6) is 0 Å². The molecule has 1 aromatic rings. The normalized spacial score (nSPS) is 17.7. The van der Waals surface area contributed by atoms with Gasteiger partial charge in [-0.05, 0) is 37.1 Å². The molecule has 1 saturated carbocycles. The quantitative estimate of drug-likeness (QED) is 0.599. The van der Waals surface area contributed by atoms with Gasteiger partial charge in [0.15, 0.2) is 0 Å². The Morgan fingerprint density at radius 2 is 2.22 bits per heavy atom. The predicted octanol–water partition coefficient (Wildman–Crippen LogP) is 4.27. The number of allylic oxidation sites excluding steroid dienone is 1. The molecule has 0 aliphatic heterocycles. The van der Waals surface area contributed by atoms with Crippen LogP contribution in [0.25, 0.3) is 5.57 Å². The van der Waals surface area contributed by atoms with Gasteiger partial charge in [-0.2, -0.15) is 0 Å². The fourth-order valence-electron chi connectivity index (χ4n) is 2.43. The zero-order chi connectivity index (χ0) is 12.8. The molecule has 0 N–H and O–H groups in total. The largest absolute Gasteiger partial charge is 0.462 e. The number of ether oxygens (including phenoxy) is 1. The Morgan fingerprint density at radius 3 is 2.83 bits per heavy atom. The first-order valence-corrected chi connectivity index (χ1v) is 7.62. The van der Waals surface area contributed by atoms with Crippen LogP contribution in [0, 0.1) is 5.92 Å². The SMILES string of the molecule is CCOC(=O)/C(=C/C1CCCCC1)c1cccs1.